The first-order valence-corrected chi connectivity index (χ1v) is 10.8. The van der Waals surface area contributed by atoms with Crippen LogP contribution in [0, 0.1) is 5.82 Å². The van der Waals surface area contributed by atoms with Crippen LogP contribution in [0.15, 0.2) is 42.5 Å². The number of amides is 3. The van der Waals surface area contributed by atoms with Crippen molar-refractivity contribution in [3.05, 3.63) is 64.4 Å². The summed E-state index contributed by atoms with van der Waals surface area (Å²) >= 11 is 5.93. The minimum absolute atomic E-state index is 0.0963. The highest BCUT2D eigenvalue weighted by Gasteiger charge is 2.37. The molecule has 1 saturated heterocycles. The largest absolute Gasteiger partial charge is 0.490 e. The molecule has 2 aliphatic heterocycles. The zero-order chi connectivity index (χ0) is 22.0. The number of benzene rings is 2. The molecule has 0 radical (unpaired) electrons. The molecule has 4 rings (SSSR count). The van der Waals surface area contributed by atoms with Gasteiger partial charge in [-0.2, -0.15) is 0 Å². The molecule has 0 saturated carbocycles. The number of halogens is 2. The SMILES string of the molecule is CN(Cc1ccc(Cl)cc1)C(=O)[C@H]1CCCN1C(=O)N[C@H]1CCOc2c(F)cccc21. The lowest BCUT2D eigenvalue weighted by Gasteiger charge is -2.32. The van der Waals surface area contributed by atoms with Gasteiger partial charge in [0.1, 0.15) is 6.04 Å². The Bertz CT molecular complexity index is 969. The van der Waals surface area contributed by atoms with Gasteiger partial charge < -0.3 is 19.9 Å². The van der Waals surface area contributed by atoms with Crippen LogP contribution in [0.25, 0.3) is 0 Å². The van der Waals surface area contributed by atoms with Crippen molar-refractivity contribution in [3.63, 3.8) is 0 Å². The predicted octanol–water partition coefficient (Wildman–Crippen LogP) is 4.14. The van der Waals surface area contributed by atoms with Gasteiger partial charge in [-0.15, -0.1) is 0 Å². The molecule has 1 fully saturated rings. The van der Waals surface area contributed by atoms with Crippen LogP contribution in [0.1, 0.15) is 36.4 Å². The summed E-state index contributed by atoms with van der Waals surface area (Å²) in [6.07, 6.45) is 1.93. The van der Waals surface area contributed by atoms with E-state index >= 15 is 0 Å². The maximum absolute atomic E-state index is 14.0. The Morgan fingerprint density at radius 2 is 2.00 bits per heavy atom. The number of likely N-dealkylation sites (tertiary alicyclic amines) is 1. The summed E-state index contributed by atoms with van der Waals surface area (Å²) < 4.78 is 19.5. The van der Waals surface area contributed by atoms with E-state index < -0.39 is 11.9 Å². The summed E-state index contributed by atoms with van der Waals surface area (Å²) in [5, 5.41) is 3.62. The Hall–Kier alpha value is -2.80. The maximum Gasteiger partial charge on any atom is 0.318 e. The standard InChI is InChI=1S/C23H25ClFN3O3/c1-27(14-15-7-9-16(24)10-8-15)22(29)20-6-3-12-28(20)23(30)26-19-11-13-31-21-17(19)4-2-5-18(21)25/h2,4-5,7-10,19-20H,3,6,11-14H2,1H3,(H,26,30)/t19-,20+/m0/s1. The third kappa shape index (κ3) is 4.61. The average Bonchev–Trinajstić information content (AvgIpc) is 3.25. The number of urea groups is 1. The average molecular weight is 446 g/mol. The molecule has 0 aliphatic carbocycles. The van der Waals surface area contributed by atoms with E-state index in [1.54, 1.807) is 41.1 Å². The number of hydrogen-bond donors (Lipinski definition) is 1. The van der Waals surface area contributed by atoms with Crippen molar-refractivity contribution >= 4 is 23.5 Å². The first-order chi connectivity index (χ1) is 14.9. The Morgan fingerprint density at radius 3 is 2.77 bits per heavy atom. The van der Waals surface area contributed by atoms with Crippen molar-refractivity contribution in [2.75, 3.05) is 20.2 Å². The minimum atomic E-state index is -0.510. The van der Waals surface area contributed by atoms with Gasteiger partial charge in [0.2, 0.25) is 5.91 Å². The third-order valence-electron chi connectivity index (χ3n) is 5.83. The minimum Gasteiger partial charge on any atom is -0.490 e. The van der Waals surface area contributed by atoms with Crippen LogP contribution in [0.4, 0.5) is 9.18 Å². The summed E-state index contributed by atoms with van der Waals surface area (Å²) in [5.74, 6) is -0.341. The second-order valence-corrected chi connectivity index (χ2v) is 8.41. The van der Waals surface area contributed by atoms with Crippen LogP contribution < -0.4 is 10.1 Å². The molecule has 2 aromatic carbocycles. The monoisotopic (exact) mass is 445 g/mol. The van der Waals surface area contributed by atoms with Crippen LogP contribution >= 0.6 is 11.6 Å². The van der Waals surface area contributed by atoms with Crippen LogP contribution in [-0.2, 0) is 11.3 Å². The summed E-state index contributed by atoms with van der Waals surface area (Å²) in [7, 11) is 1.74. The lowest BCUT2D eigenvalue weighted by atomic mass is 10.0. The van der Waals surface area contributed by atoms with E-state index in [4.69, 9.17) is 16.3 Å². The quantitative estimate of drug-likeness (QED) is 0.769. The predicted molar refractivity (Wildman–Crippen MR) is 115 cm³/mol. The number of nitrogens with one attached hydrogen (secondary N) is 1. The van der Waals surface area contributed by atoms with E-state index in [1.807, 2.05) is 12.1 Å². The van der Waals surface area contributed by atoms with Crippen molar-refractivity contribution in [3.8, 4) is 5.75 Å². The number of ether oxygens (including phenoxy) is 1. The van der Waals surface area contributed by atoms with Crippen LogP contribution in [-0.4, -0.2) is 48.0 Å². The molecule has 2 aliphatic rings. The van der Waals surface area contributed by atoms with Crippen LogP contribution in [0.3, 0.4) is 0 Å². The molecule has 0 bridgehead atoms. The van der Waals surface area contributed by atoms with Gasteiger partial charge in [0.25, 0.3) is 0 Å². The fraction of sp³-hybridized carbons (Fsp3) is 0.391. The lowest BCUT2D eigenvalue weighted by molar-refractivity contribution is -0.134. The fourth-order valence-electron chi connectivity index (χ4n) is 4.23. The number of fused-ring (bicyclic) bond motifs is 1. The molecule has 2 heterocycles. The topological polar surface area (TPSA) is 61.9 Å². The zero-order valence-electron chi connectivity index (χ0n) is 17.3. The molecule has 2 aromatic rings. The molecular weight excluding hydrogens is 421 g/mol. The molecule has 8 heteroatoms. The van der Waals surface area contributed by atoms with E-state index in [0.29, 0.717) is 43.1 Å². The molecule has 164 valence electrons. The number of para-hydroxylation sites is 1. The maximum atomic E-state index is 14.0. The third-order valence-corrected chi connectivity index (χ3v) is 6.08. The van der Waals surface area contributed by atoms with E-state index in [9.17, 15) is 14.0 Å². The van der Waals surface area contributed by atoms with Gasteiger partial charge in [0.15, 0.2) is 11.6 Å². The smallest absolute Gasteiger partial charge is 0.318 e. The van der Waals surface area contributed by atoms with Gasteiger partial charge in [-0.3, -0.25) is 4.79 Å². The lowest BCUT2D eigenvalue weighted by Crippen LogP contribution is -2.50. The number of carbonyl (C=O) groups excluding carboxylic acids is 2. The van der Waals surface area contributed by atoms with Crippen molar-refractivity contribution < 1.29 is 18.7 Å². The molecule has 6 nitrogen and oxygen atoms in total. The number of likely N-dealkylation sites (N-methyl/N-ethyl adjacent to an activating group) is 1. The van der Waals surface area contributed by atoms with Gasteiger partial charge in [-0.1, -0.05) is 35.9 Å². The molecule has 3 amide bonds. The highest BCUT2D eigenvalue weighted by Crippen LogP contribution is 2.34. The summed E-state index contributed by atoms with van der Waals surface area (Å²) in [6.45, 7) is 1.27. The van der Waals surface area contributed by atoms with Gasteiger partial charge >= 0.3 is 6.03 Å². The highest BCUT2D eigenvalue weighted by molar-refractivity contribution is 6.30. The van der Waals surface area contributed by atoms with E-state index in [0.717, 1.165) is 12.0 Å². The van der Waals surface area contributed by atoms with Crippen molar-refractivity contribution in [2.45, 2.75) is 37.9 Å². The van der Waals surface area contributed by atoms with Crippen LogP contribution in [0.5, 0.6) is 5.75 Å². The van der Waals surface area contributed by atoms with Crippen molar-refractivity contribution in [1.82, 2.24) is 15.1 Å². The number of carbonyl (C=O) groups is 2. The van der Waals surface area contributed by atoms with Gasteiger partial charge in [0, 0.05) is 37.1 Å². The molecular formula is C23H25ClFN3O3. The summed E-state index contributed by atoms with van der Waals surface area (Å²) in [6, 6.07) is 10.9. The first kappa shape index (κ1) is 21.4. The zero-order valence-corrected chi connectivity index (χ0v) is 18.1. The Labute approximate surface area is 185 Å². The molecule has 2 atom stereocenters. The highest BCUT2D eigenvalue weighted by atomic mass is 35.5. The Kier molecular flexibility index (Phi) is 6.32. The van der Waals surface area contributed by atoms with E-state index in [-0.39, 0.29) is 23.7 Å². The first-order valence-electron chi connectivity index (χ1n) is 10.4. The second kappa shape index (κ2) is 9.14. The number of hydrogen-bond acceptors (Lipinski definition) is 3. The summed E-state index contributed by atoms with van der Waals surface area (Å²) in [5.41, 5.74) is 1.59. The normalized spacial score (nSPS) is 20.0. The molecule has 31 heavy (non-hydrogen) atoms. The number of rotatable bonds is 4. The van der Waals surface area contributed by atoms with E-state index in [2.05, 4.69) is 5.32 Å². The van der Waals surface area contributed by atoms with Gasteiger partial charge in [0.05, 0.1) is 12.6 Å². The Morgan fingerprint density at radius 1 is 1.23 bits per heavy atom. The molecule has 1 N–H and O–H groups in total. The molecule has 0 unspecified atom stereocenters. The fourth-order valence-corrected chi connectivity index (χ4v) is 4.36. The molecule has 0 aromatic heterocycles. The van der Waals surface area contributed by atoms with E-state index in [1.165, 1.54) is 6.07 Å². The Balaban J connectivity index is 1.42. The summed E-state index contributed by atoms with van der Waals surface area (Å²) in [4.78, 5) is 29.3. The van der Waals surface area contributed by atoms with Gasteiger partial charge in [-0.05, 0) is 36.6 Å². The van der Waals surface area contributed by atoms with Crippen LogP contribution in [0.2, 0.25) is 5.02 Å². The van der Waals surface area contributed by atoms with Gasteiger partial charge in [-0.25, -0.2) is 9.18 Å². The van der Waals surface area contributed by atoms with Crippen molar-refractivity contribution in [1.29, 1.82) is 0 Å². The van der Waals surface area contributed by atoms with Crippen molar-refractivity contribution in [2.24, 2.45) is 0 Å². The number of nitrogens with zero attached hydrogens (tertiary/aromatic N) is 2. The second-order valence-electron chi connectivity index (χ2n) is 7.97. The molecule has 0 spiro atoms.